The van der Waals surface area contributed by atoms with Crippen LogP contribution in [0.15, 0.2) is 12.1 Å². The second-order valence-electron chi connectivity index (χ2n) is 6.14. The van der Waals surface area contributed by atoms with E-state index in [1.54, 1.807) is 0 Å². The minimum atomic E-state index is -2.92. The maximum Gasteiger partial charge on any atom is 0.231 e. The molecule has 0 radical (unpaired) electrons. The molecule has 0 unspecified atom stereocenters. The number of benzene rings is 1. The van der Waals surface area contributed by atoms with Crippen molar-refractivity contribution in [3.8, 4) is 11.5 Å². The molecule has 0 aromatic heterocycles. The van der Waals surface area contributed by atoms with Crippen LogP contribution >= 0.6 is 0 Å². The molecular weight excluding hydrogens is 367 g/mol. The zero-order valence-electron chi connectivity index (χ0n) is 16.8. The van der Waals surface area contributed by atoms with Crippen LogP contribution in [0, 0.1) is 0 Å². The van der Waals surface area contributed by atoms with Crippen LogP contribution in [-0.2, 0) is 27.2 Å². The van der Waals surface area contributed by atoms with Crippen LogP contribution in [0.3, 0.4) is 0 Å². The monoisotopic (exact) mass is 397 g/mol. The van der Waals surface area contributed by atoms with E-state index in [2.05, 4.69) is 19.9 Å². The van der Waals surface area contributed by atoms with Crippen LogP contribution in [0.25, 0.3) is 0 Å². The molecule has 160 valence electrons. The van der Waals surface area contributed by atoms with Crippen molar-refractivity contribution >= 4 is 7.32 Å². The highest BCUT2D eigenvalue weighted by Gasteiger charge is 2.16. The van der Waals surface area contributed by atoms with E-state index in [0.717, 1.165) is 43.8 Å². The van der Waals surface area contributed by atoms with E-state index in [-0.39, 0.29) is 0 Å². The Morgan fingerprint density at radius 2 is 1.36 bits per heavy atom. The lowest BCUT2D eigenvalue weighted by molar-refractivity contribution is -0.479. The summed E-state index contributed by atoms with van der Waals surface area (Å²) < 4.78 is 27.6. The summed E-state index contributed by atoms with van der Waals surface area (Å²) in [7, 11) is -2.92. The van der Waals surface area contributed by atoms with Crippen LogP contribution in [-0.4, -0.2) is 47.1 Å². The van der Waals surface area contributed by atoms with E-state index < -0.39 is 7.32 Å². The highest BCUT2D eigenvalue weighted by molar-refractivity contribution is 6.24. The molecule has 1 aromatic rings. The van der Waals surface area contributed by atoms with Crippen molar-refractivity contribution in [3.63, 3.8) is 0 Å². The van der Waals surface area contributed by atoms with Gasteiger partial charge in [0.1, 0.15) is 0 Å². The molecule has 0 saturated carbocycles. The number of hydrogen-bond donors (Lipinski definition) is 0. The first-order valence-corrected chi connectivity index (χ1v) is 9.70. The molecule has 1 heterocycles. The number of aryl methyl sites for hydroxylation is 1. The third-order valence-corrected chi connectivity index (χ3v) is 3.86. The Kier molecular flexibility index (Phi) is 13.7. The normalized spacial score (nSPS) is 11.9. The van der Waals surface area contributed by atoms with Crippen LogP contribution in [0.5, 0.6) is 11.5 Å². The Morgan fingerprint density at radius 3 is 1.93 bits per heavy atom. The third kappa shape index (κ3) is 10.8. The molecule has 9 heteroatoms. The average Bonchev–Trinajstić information content (AvgIpc) is 3.10. The van der Waals surface area contributed by atoms with Crippen LogP contribution in [0.4, 0.5) is 0 Å². The number of hydrogen-bond acceptors (Lipinski definition) is 8. The lowest BCUT2D eigenvalue weighted by Gasteiger charge is -2.35. The summed E-state index contributed by atoms with van der Waals surface area (Å²) in [5, 5.41) is 25.2. The predicted octanol–water partition coefficient (Wildman–Crippen LogP) is -0.230. The van der Waals surface area contributed by atoms with Crippen LogP contribution < -0.4 is 24.5 Å². The molecule has 0 spiro atoms. The molecule has 0 saturated heterocycles. The number of rotatable bonds is 13. The fraction of sp³-hybridized carbons (Fsp3) is 0.684. The summed E-state index contributed by atoms with van der Waals surface area (Å²) in [5.41, 5.74) is 2.44. The third-order valence-electron chi connectivity index (χ3n) is 3.86. The predicted molar refractivity (Wildman–Crippen MR) is 98.5 cm³/mol. The number of unbranched alkanes of at least 4 members (excludes halogenated alkanes) is 1. The largest absolute Gasteiger partial charge is 0.907 e. The fourth-order valence-corrected chi connectivity index (χ4v) is 2.53. The van der Waals surface area contributed by atoms with Gasteiger partial charge >= 0.3 is 0 Å². The van der Waals surface area contributed by atoms with E-state index in [0.29, 0.717) is 39.8 Å². The highest BCUT2D eigenvalue weighted by Crippen LogP contribution is 2.35. The minimum absolute atomic E-state index is 0.305. The van der Waals surface area contributed by atoms with E-state index in [9.17, 15) is 0 Å². The van der Waals surface area contributed by atoms with Gasteiger partial charge in [0.05, 0.1) is 33.0 Å². The molecule has 1 aliphatic rings. The molecular formula is C19H30BO8-3. The Morgan fingerprint density at radius 1 is 0.821 bits per heavy atom. The van der Waals surface area contributed by atoms with Gasteiger partial charge in [0.15, 0.2) is 11.5 Å². The van der Waals surface area contributed by atoms with E-state index >= 15 is 0 Å². The van der Waals surface area contributed by atoms with Gasteiger partial charge in [-0.3, -0.25) is 7.32 Å². The summed E-state index contributed by atoms with van der Waals surface area (Å²) in [6, 6.07) is 4.12. The summed E-state index contributed by atoms with van der Waals surface area (Å²) in [4.78, 5) is 0. The topological polar surface area (TPSA) is 115 Å². The summed E-state index contributed by atoms with van der Waals surface area (Å²) in [6.07, 6.45) is 4.38. The first-order valence-electron chi connectivity index (χ1n) is 9.70. The van der Waals surface area contributed by atoms with Gasteiger partial charge in [-0.05, 0) is 36.1 Å². The molecule has 1 aliphatic heterocycles. The summed E-state index contributed by atoms with van der Waals surface area (Å²) in [5.74, 6) is 1.66. The Balaban J connectivity index is 0.000000892. The Labute approximate surface area is 167 Å². The van der Waals surface area contributed by atoms with Crippen molar-refractivity contribution in [1.82, 2.24) is 0 Å². The van der Waals surface area contributed by atoms with Crippen LogP contribution in [0.1, 0.15) is 44.2 Å². The Hall–Kier alpha value is -1.36. The lowest BCUT2D eigenvalue weighted by Crippen LogP contribution is -2.56. The lowest BCUT2D eigenvalue weighted by atomic mass is 10.0. The van der Waals surface area contributed by atoms with E-state index in [4.69, 9.17) is 38.8 Å². The second-order valence-corrected chi connectivity index (χ2v) is 6.14. The minimum Gasteiger partial charge on any atom is -0.907 e. The number of ether oxygens (including phenoxy) is 5. The highest BCUT2D eigenvalue weighted by atomic mass is 16.7. The van der Waals surface area contributed by atoms with E-state index in [1.807, 2.05) is 6.07 Å². The molecule has 0 aliphatic carbocycles. The van der Waals surface area contributed by atoms with Crippen molar-refractivity contribution < 1.29 is 38.8 Å². The molecule has 8 nitrogen and oxygen atoms in total. The summed E-state index contributed by atoms with van der Waals surface area (Å²) in [6.45, 7) is 8.47. The van der Waals surface area contributed by atoms with Gasteiger partial charge < -0.3 is 38.8 Å². The molecule has 28 heavy (non-hydrogen) atoms. The SMILES string of the molecule is CCCCOCCOCCOCc1cc2c(cc1CCC)OCO2.[O-]B([O-])[O-]. The molecule has 0 fully saturated rings. The van der Waals surface area contributed by atoms with Gasteiger partial charge in [-0.2, -0.15) is 0 Å². The van der Waals surface area contributed by atoms with Gasteiger partial charge in [0.2, 0.25) is 6.79 Å². The maximum absolute atomic E-state index is 8.42. The van der Waals surface area contributed by atoms with Gasteiger partial charge in [0, 0.05) is 6.61 Å². The first kappa shape index (κ1) is 24.7. The molecule has 0 N–H and O–H groups in total. The van der Waals surface area contributed by atoms with Crippen LogP contribution in [0.2, 0.25) is 0 Å². The maximum atomic E-state index is 8.42. The quantitative estimate of drug-likeness (QED) is 0.331. The zero-order chi connectivity index (χ0) is 20.6. The van der Waals surface area contributed by atoms with Gasteiger partial charge in [-0.1, -0.05) is 26.7 Å². The van der Waals surface area contributed by atoms with Crippen molar-refractivity contribution in [2.45, 2.75) is 46.1 Å². The average molecular weight is 397 g/mol. The number of fused-ring (bicyclic) bond motifs is 1. The van der Waals surface area contributed by atoms with Crippen molar-refractivity contribution in [1.29, 1.82) is 0 Å². The van der Waals surface area contributed by atoms with Crippen molar-refractivity contribution in [2.24, 2.45) is 0 Å². The van der Waals surface area contributed by atoms with Gasteiger partial charge in [0.25, 0.3) is 0 Å². The molecule has 2 rings (SSSR count). The van der Waals surface area contributed by atoms with Gasteiger partial charge in [-0.25, -0.2) is 0 Å². The van der Waals surface area contributed by atoms with Gasteiger partial charge in [-0.15, -0.1) is 0 Å². The molecule has 0 bridgehead atoms. The molecule has 1 aromatic carbocycles. The van der Waals surface area contributed by atoms with Crippen molar-refractivity contribution in [3.05, 3.63) is 23.3 Å². The molecule has 0 atom stereocenters. The standard InChI is InChI=1S/C19H30O5.BO3/c1-3-5-7-20-8-9-21-10-11-22-14-17-13-19-18(23-15-24-19)12-16(17)6-4-2;2-1(3)4/h12-13H,3-11,14-15H2,1-2H3;/q;-3. The zero-order valence-corrected chi connectivity index (χ0v) is 16.8. The smallest absolute Gasteiger partial charge is 0.231 e. The molecule has 0 amide bonds. The van der Waals surface area contributed by atoms with Crippen molar-refractivity contribution in [2.75, 3.05) is 39.8 Å². The fourth-order valence-electron chi connectivity index (χ4n) is 2.53. The first-order chi connectivity index (χ1) is 13.6. The second kappa shape index (κ2) is 15.6. The Bertz CT molecular complexity index is 524. The summed E-state index contributed by atoms with van der Waals surface area (Å²) >= 11 is 0. The van der Waals surface area contributed by atoms with E-state index in [1.165, 1.54) is 11.1 Å².